The highest BCUT2D eigenvalue weighted by atomic mass is 14.3. The van der Waals surface area contributed by atoms with Gasteiger partial charge in [0.05, 0.1) is 0 Å². The molecule has 0 spiro atoms. The zero-order valence-corrected chi connectivity index (χ0v) is 22.3. The molecule has 1 aliphatic rings. The van der Waals surface area contributed by atoms with Crippen molar-refractivity contribution in [1.29, 1.82) is 0 Å². The number of rotatable bonds is 16. The minimum Gasteiger partial charge on any atom is -0.0654 e. The first-order valence-electron chi connectivity index (χ1n) is 14.5. The third-order valence-electron chi connectivity index (χ3n) is 7.84. The van der Waals surface area contributed by atoms with E-state index in [1.54, 1.807) is 44.5 Å². The topological polar surface area (TPSA) is 0 Å². The second kappa shape index (κ2) is 14.0. The van der Waals surface area contributed by atoms with Crippen LogP contribution in [-0.4, -0.2) is 0 Å². The van der Waals surface area contributed by atoms with E-state index in [9.17, 15) is 0 Å². The molecular weight excluding hydrogens is 396 g/mol. The van der Waals surface area contributed by atoms with Crippen LogP contribution in [-0.2, 0) is 32.1 Å². The van der Waals surface area contributed by atoms with Crippen molar-refractivity contribution >= 4 is 0 Å². The summed E-state index contributed by atoms with van der Waals surface area (Å²) >= 11 is 0. The lowest BCUT2D eigenvalue weighted by molar-refractivity contribution is 0.665. The van der Waals surface area contributed by atoms with Crippen LogP contribution in [0.5, 0.6) is 0 Å². The lowest BCUT2D eigenvalue weighted by Gasteiger charge is -2.25. The van der Waals surface area contributed by atoms with Gasteiger partial charge >= 0.3 is 0 Å². The predicted molar refractivity (Wildman–Crippen MR) is 148 cm³/mol. The Kier molecular flexibility index (Phi) is 11.0. The van der Waals surface area contributed by atoms with Crippen LogP contribution in [0.25, 0.3) is 11.1 Å². The van der Waals surface area contributed by atoms with Crippen LogP contribution in [0.4, 0.5) is 0 Å². The van der Waals surface area contributed by atoms with E-state index in [0.29, 0.717) is 0 Å². The van der Waals surface area contributed by atoms with E-state index >= 15 is 0 Å². The molecule has 0 saturated carbocycles. The molecular formula is C33H50. The molecule has 2 aromatic rings. The van der Waals surface area contributed by atoms with Gasteiger partial charge in [0, 0.05) is 0 Å². The van der Waals surface area contributed by atoms with Crippen molar-refractivity contribution in [3.8, 4) is 11.1 Å². The van der Waals surface area contributed by atoms with Crippen molar-refractivity contribution in [2.75, 3.05) is 0 Å². The van der Waals surface area contributed by atoms with Crippen LogP contribution in [0.1, 0.15) is 138 Å². The van der Waals surface area contributed by atoms with Crippen molar-refractivity contribution in [2.45, 2.75) is 137 Å². The van der Waals surface area contributed by atoms with Gasteiger partial charge in [-0.3, -0.25) is 0 Å². The molecule has 182 valence electrons. The highest BCUT2D eigenvalue weighted by molar-refractivity contribution is 5.83. The van der Waals surface area contributed by atoms with Gasteiger partial charge in [-0.05, 0) is 102 Å². The third kappa shape index (κ3) is 6.52. The number of hydrogen-bond acceptors (Lipinski definition) is 0. The van der Waals surface area contributed by atoms with Crippen molar-refractivity contribution < 1.29 is 0 Å². The van der Waals surface area contributed by atoms with Gasteiger partial charge in [0.1, 0.15) is 0 Å². The summed E-state index contributed by atoms with van der Waals surface area (Å²) in [4.78, 5) is 0. The lowest BCUT2D eigenvalue weighted by atomic mass is 9.79. The average molecular weight is 447 g/mol. The maximum atomic E-state index is 2.42. The quantitative estimate of drug-likeness (QED) is 0.192. The Bertz CT molecular complexity index is 857. The van der Waals surface area contributed by atoms with Gasteiger partial charge in [0.15, 0.2) is 0 Å². The minimum absolute atomic E-state index is 1.17. The monoisotopic (exact) mass is 446 g/mol. The van der Waals surface area contributed by atoms with E-state index in [1.807, 2.05) is 0 Å². The molecule has 0 radical (unpaired) electrons. The fourth-order valence-electron chi connectivity index (χ4n) is 6.05. The molecule has 33 heavy (non-hydrogen) atoms. The van der Waals surface area contributed by atoms with Crippen molar-refractivity contribution in [3.63, 3.8) is 0 Å². The van der Waals surface area contributed by atoms with E-state index in [-0.39, 0.29) is 0 Å². The molecule has 0 heterocycles. The van der Waals surface area contributed by atoms with E-state index in [2.05, 4.69) is 52.0 Å². The van der Waals surface area contributed by atoms with Gasteiger partial charge in [0.2, 0.25) is 0 Å². The minimum atomic E-state index is 1.17. The van der Waals surface area contributed by atoms with Gasteiger partial charge in [-0.1, -0.05) is 103 Å². The fourth-order valence-corrected chi connectivity index (χ4v) is 6.05. The molecule has 0 heteroatoms. The summed E-state index contributed by atoms with van der Waals surface area (Å²) in [5.74, 6) is 0. The standard InChI is InChI=1S/C33H50/c1-5-9-13-21-28-29(22-14-10-6-2)31(24-16-12-8-4)33-27-20-18-17-19-26(27)25-32(33)30(28)23-15-11-7-3/h17-20H,5-16,21-25H2,1-4H3. The van der Waals surface area contributed by atoms with Gasteiger partial charge in [0.25, 0.3) is 0 Å². The fraction of sp³-hybridized carbons (Fsp3) is 0.636. The Morgan fingerprint density at radius 2 is 0.970 bits per heavy atom. The molecule has 0 saturated heterocycles. The molecule has 0 atom stereocenters. The van der Waals surface area contributed by atoms with E-state index in [1.165, 1.54) is 109 Å². The maximum Gasteiger partial charge on any atom is -0.00105 e. The Morgan fingerprint density at radius 3 is 1.52 bits per heavy atom. The Hall–Kier alpha value is -1.56. The summed E-state index contributed by atoms with van der Waals surface area (Å²) in [5, 5.41) is 0. The molecule has 0 aliphatic heterocycles. The number of fused-ring (bicyclic) bond motifs is 3. The summed E-state index contributed by atoms with van der Waals surface area (Å²) in [6.07, 6.45) is 22.4. The van der Waals surface area contributed by atoms with Crippen LogP contribution < -0.4 is 0 Å². The van der Waals surface area contributed by atoms with Crippen molar-refractivity contribution in [2.24, 2.45) is 0 Å². The van der Waals surface area contributed by atoms with Gasteiger partial charge in [-0.15, -0.1) is 0 Å². The molecule has 0 unspecified atom stereocenters. The highest BCUT2D eigenvalue weighted by Gasteiger charge is 2.28. The van der Waals surface area contributed by atoms with Crippen molar-refractivity contribution in [1.82, 2.24) is 0 Å². The first-order chi connectivity index (χ1) is 16.3. The number of benzene rings is 2. The van der Waals surface area contributed by atoms with Crippen LogP contribution in [0.3, 0.4) is 0 Å². The van der Waals surface area contributed by atoms with Gasteiger partial charge in [-0.2, -0.15) is 0 Å². The number of unbranched alkanes of at least 4 members (excludes halogenated alkanes) is 8. The third-order valence-corrected chi connectivity index (χ3v) is 7.84. The molecule has 0 nitrogen and oxygen atoms in total. The van der Waals surface area contributed by atoms with E-state index in [0.717, 1.165) is 0 Å². The van der Waals surface area contributed by atoms with Crippen LogP contribution >= 0.6 is 0 Å². The predicted octanol–water partition coefficient (Wildman–Crippen LogP) is 10.2. The molecule has 0 aromatic heterocycles. The van der Waals surface area contributed by atoms with Crippen LogP contribution in [0.15, 0.2) is 24.3 Å². The first kappa shape index (κ1) is 26.1. The summed E-state index contributed by atoms with van der Waals surface area (Å²) < 4.78 is 0. The first-order valence-corrected chi connectivity index (χ1v) is 14.5. The van der Waals surface area contributed by atoms with Crippen molar-refractivity contribution in [3.05, 3.63) is 57.6 Å². The molecule has 0 amide bonds. The Morgan fingerprint density at radius 1 is 0.515 bits per heavy atom. The van der Waals surface area contributed by atoms with E-state index in [4.69, 9.17) is 0 Å². The molecule has 3 rings (SSSR count). The maximum absolute atomic E-state index is 2.42. The smallest absolute Gasteiger partial charge is 0.00105 e. The summed E-state index contributed by atoms with van der Waals surface area (Å²) in [6.45, 7) is 9.38. The second-order valence-corrected chi connectivity index (χ2v) is 10.4. The Labute approximate surface area is 205 Å². The molecule has 2 aromatic carbocycles. The summed E-state index contributed by atoms with van der Waals surface area (Å²) in [7, 11) is 0. The normalized spacial score (nSPS) is 12.2. The van der Waals surface area contributed by atoms with Gasteiger partial charge in [-0.25, -0.2) is 0 Å². The summed E-state index contributed by atoms with van der Waals surface area (Å²) in [6, 6.07) is 9.34. The Balaban J connectivity index is 2.17. The van der Waals surface area contributed by atoms with Crippen LogP contribution in [0.2, 0.25) is 0 Å². The molecule has 1 aliphatic carbocycles. The number of hydrogen-bond donors (Lipinski definition) is 0. The lowest BCUT2D eigenvalue weighted by Crippen LogP contribution is -2.11. The average Bonchev–Trinajstić information content (AvgIpc) is 3.21. The zero-order chi connectivity index (χ0) is 23.5. The van der Waals surface area contributed by atoms with Crippen LogP contribution in [0, 0.1) is 0 Å². The largest absolute Gasteiger partial charge is 0.0654 e. The molecule has 0 bridgehead atoms. The highest BCUT2D eigenvalue weighted by Crippen LogP contribution is 2.45. The van der Waals surface area contributed by atoms with Gasteiger partial charge < -0.3 is 0 Å². The molecule has 0 N–H and O–H groups in total. The van der Waals surface area contributed by atoms with E-state index < -0.39 is 0 Å². The molecule has 0 fully saturated rings. The second-order valence-electron chi connectivity index (χ2n) is 10.4. The summed E-state index contributed by atoms with van der Waals surface area (Å²) in [5.41, 5.74) is 13.7. The SMILES string of the molecule is CCCCCc1c(CCCCC)c(CCCCC)c2c(c1CCCCC)Cc1ccccc1-2. The zero-order valence-electron chi connectivity index (χ0n) is 22.3.